The van der Waals surface area contributed by atoms with Gasteiger partial charge in [0.05, 0.1) is 65.3 Å². The molecule has 6 aromatic carbocycles. The number of benzene rings is 6. The standard InChI is InChI=1S/C31H29N3O5S2.C20H19NO3S.C11H12N2O3S/c1-20-33-30(38-34-20)28(22-11-13-26(14-12-22)40-39-37-4)17-21-8-6-9-23(16-21)27-19-25(31(2,3)41(5,35)36)18-24-10-7-15-32-29(24)27;1-20(2,25(3,23)24)17-11-16-8-5-9-21-19(16)18(12-17)15-7-4-6-14(10-15)13-22;1-8-12-11(15-13-8)7-9-3-5-10(6-4-9)17-16-14-2/h6-19H,1-5H3;4-13H,1-3H3;3-6H,7H2,1-2H3/b28-17+;;. The Morgan fingerprint density at radius 2 is 1.06 bits per heavy atom. The summed E-state index contributed by atoms with van der Waals surface area (Å²) in [6, 6.07) is 45.9. The van der Waals surface area contributed by atoms with Crippen molar-refractivity contribution in [3.8, 4) is 22.3 Å². The minimum absolute atomic E-state index is 0.394. The first-order valence-corrected chi connectivity index (χ1v) is 30.9. The van der Waals surface area contributed by atoms with Crippen LogP contribution < -0.4 is 0 Å². The van der Waals surface area contributed by atoms with Gasteiger partial charge in [-0.2, -0.15) is 18.6 Å². The summed E-state index contributed by atoms with van der Waals surface area (Å²) < 4.78 is 68.2. The Hall–Kier alpha value is -7.73. The maximum absolute atomic E-state index is 12.7. The number of hydrogen-bond donors (Lipinski definition) is 0. The van der Waals surface area contributed by atoms with E-state index in [4.69, 9.17) is 17.7 Å². The summed E-state index contributed by atoms with van der Waals surface area (Å²) in [5.41, 5.74) is 10.6. The van der Waals surface area contributed by atoms with Gasteiger partial charge in [0.1, 0.15) is 6.29 Å². The molecule has 0 spiro atoms. The van der Waals surface area contributed by atoms with Crippen molar-refractivity contribution < 1.29 is 49.1 Å². The van der Waals surface area contributed by atoms with Gasteiger partial charge in [-0.25, -0.2) is 26.6 Å². The van der Waals surface area contributed by atoms with E-state index in [0.717, 1.165) is 94.4 Å². The van der Waals surface area contributed by atoms with Crippen LogP contribution in [0.1, 0.15) is 89.3 Å². The first kappa shape index (κ1) is 61.3. The van der Waals surface area contributed by atoms with Crippen molar-refractivity contribution in [1.29, 1.82) is 0 Å². The molecule has 4 heterocycles. The minimum Gasteiger partial charge on any atom is -0.339 e. The van der Waals surface area contributed by atoms with Gasteiger partial charge in [0.2, 0.25) is 5.89 Å². The number of aromatic nitrogens is 6. The summed E-state index contributed by atoms with van der Waals surface area (Å²) in [5, 5.41) is 9.47. The fourth-order valence-corrected chi connectivity index (χ4v) is 10.3. The SMILES string of the molecule is CC(C)(c1cc(-c2cccc(C=O)c2)c2ncccc2c1)S(C)(=O)=O.COOSc1ccc(/C(=C\c2cccc(-c3cc(C(C)(C)S(C)(=O)=O)cc4cccnc34)c2)c2nc(C)no2)cc1.COOSc1ccc(Cc2nc(C)no2)cc1. The van der Waals surface area contributed by atoms with E-state index in [1.165, 1.54) is 38.8 Å². The van der Waals surface area contributed by atoms with Crippen molar-refractivity contribution in [3.05, 3.63) is 215 Å². The molecule has 21 heteroatoms. The Morgan fingerprint density at radius 1 is 0.578 bits per heavy atom. The van der Waals surface area contributed by atoms with Crippen LogP contribution in [-0.2, 0) is 54.0 Å². The van der Waals surface area contributed by atoms with E-state index < -0.39 is 29.2 Å². The molecule has 0 radical (unpaired) electrons. The lowest BCUT2D eigenvalue weighted by Gasteiger charge is -2.24. The van der Waals surface area contributed by atoms with Gasteiger partial charge >= 0.3 is 0 Å². The van der Waals surface area contributed by atoms with Crippen LogP contribution in [0, 0.1) is 13.8 Å². The summed E-state index contributed by atoms with van der Waals surface area (Å²) >= 11 is 2.28. The largest absolute Gasteiger partial charge is 0.339 e. The monoisotopic (exact) mass is 1190 g/mol. The van der Waals surface area contributed by atoms with Gasteiger partial charge in [0.15, 0.2) is 31.3 Å². The number of aldehydes is 1. The number of aryl methyl sites for hydroxylation is 2. The number of nitrogens with zero attached hydrogens (tertiary/aromatic N) is 6. The van der Waals surface area contributed by atoms with Crippen LogP contribution in [0.5, 0.6) is 0 Å². The van der Waals surface area contributed by atoms with E-state index in [0.29, 0.717) is 46.5 Å². The molecule has 428 valence electrons. The normalized spacial score (nSPS) is 12.1. The molecule has 0 amide bonds. The molecule has 0 saturated carbocycles. The fraction of sp³-hybridized carbons (Fsp3) is 0.210. The zero-order chi connectivity index (χ0) is 59.5. The minimum atomic E-state index is -3.38. The van der Waals surface area contributed by atoms with E-state index in [1.807, 2.05) is 140 Å². The fourth-order valence-electron chi connectivity index (χ4n) is 8.45. The second-order valence-electron chi connectivity index (χ2n) is 20.1. The highest BCUT2D eigenvalue weighted by atomic mass is 32.2. The number of carbonyl (C=O) groups is 1. The second kappa shape index (κ2) is 26.7. The Morgan fingerprint density at radius 3 is 1.52 bits per heavy atom. The van der Waals surface area contributed by atoms with Gasteiger partial charge in [-0.15, -0.1) is 0 Å². The molecular formula is C62H60N6O11S4. The Labute approximate surface area is 491 Å². The summed E-state index contributed by atoms with van der Waals surface area (Å²) in [6.45, 7) is 10.4. The number of carbonyl (C=O) groups excluding carboxylic acids is 1. The number of pyridine rings is 2. The molecule has 0 unspecified atom stereocenters. The maximum Gasteiger partial charge on any atom is 0.258 e. The third-order valence-corrected chi connectivity index (χ3v) is 19.2. The summed E-state index contributed by atoms with van der Waals surface area (Å²) in [7, 11) is -3.77. The molecule has 17 nitrogen and oxygen atoms in total. The molecule has 0 bridgehead atoms. The van der Waals surface area contributed by atoms with Crippen molar-refractivity contribution in [1.82, 2.24) is 30.2 Å². The van der Waals surface area contributed by atoms with Crippen LogP contribution in [0.15, 0.2) is 177 Å². The van der Waals surface area contributed by atoms with E-state index >= 15 is 0 Å². The smallest absolute Gasteiger partial charge is 0.258 e. The highest BCUT2D eigenvalue weighted by Gasteiger charge is 2.34. The predicted molar refractivity (Wildman–Crippen MR) is 324 cm³/mol. The molecule has 0 aliphatic rings. The summed E-state index contributed by atoms with van der Waals surface area (Å²) in [4.78, 5) is 39.9. The van der Waals surface area contributed by atoms with Gasteiger partial charge in [-0.05, 0) is 159 Å². The number of hydrogen-bond acceptors (Lipinski definition) is 19. The first-order chi connectivity index (χ1) is 39.6. The average Bonchev–Trinajstić information content (AvgIpc) is 4.30. The number of sulfone groups is 2. The Kier molecular flexibility index (Phi) is 19.7. The van der Waals surface area contributed by atoms with Crippen molar-refractivity contribution in [2.75, 3.05) is 26.7 Å². The molecule has 0 fully saturated rings. The summed E-state index contributed by atoms with van der Waals surface area (Å²) in [6.07, 6.45) is 9.38. The van der Waals surface area contributed by atoms with E-state index in [1.54, 1.807) is 66.1 Å². The maximum atomic E-state index is 12.7. The first-order valence-electron chi connectivity index (χ1n) is 25.7. The zero-order valence-corrected chi connectivity index (χ0v) is 50.4. The van der Waals surface area contributed by atoms with Crippen LogP contribution >= 0.6 is 24.1 Å². The quantitative estimate of drug-likeness (QED) is 0.0256. The van der Waals surface area contributed by atoms with Crippen LogP contribution in [0.2, 0.25) is 0 Å². The zero-order valence-electron chi connectivity index (χ0n) is 47.2. The lowest BCUT2D eigenvalue weighted by molar-refractivity contribution is -0.160. The molecular weight excluding hydrogens is 1130 g/mol. The molecule has 0 atom stereocenters. The molecule has 4 aromatic heterocycles. The Balaban J connectivity index is 0.000000181. The van der Waals surface area contributed by atoms with Crippen molar-refractivity contribution in [3.63, 3.8) is 0 Å². The van der Waals surface area contributed by atoms with Crippen molar-refractivity contribution in [2.45, 2.75) is 67.2 Å². The van der Waals surface area contributed by atoms with E-state index in [2.05, 4.69) is 40.0 Å². The topological polar surface area (TPSA) is 226 Å². The van der Waals surface area contributed by atoms with Gasteiger partial charge in [0, 0.05) is 67.7 Å². The van der Waals surface area contributed by atoms with E-state index in [-0.39, 0.29) is 0 Å². The lowest BCUT2D eigenvalue weighted by Crippen LogP contribution is -2.28. The third-order valence-electron chi connectivity index (χ3n) is 13.7. The van der Waals surface area contributed by atoms with Crippen LogP contribution in [-0.4, -0.2) is 80.1 Å². The third kappa shape index (κ3) is 15.1. The number of rotatable bonds is 18. The Bertz CT molecular complexity index is 4170. The molecule has 0 aliphatic heterocycles. The molecule has 0 saturated heterocycles. The van der Waals surface area contributed by atoms with Crippen LogP contribution in [0.3, 0.4) is 0 Å². The van der Waals surface area contributed by atoms with Crippen LogP contribution in [0.4, 0.5) is 0 Å². The van der Waals surface area contributed by atoms with Crippen molar-refractivity contribution in [2.24, 2.45) is 0 Å². The molecule has 83 heavy (non-hydrogen) atoms. The van der Waals surface area contributed by atoms with Gasteiger partial charge in [-0.1, -0.05) is 83.1 Å². The molecule has 0 N–H and O–H groups in total. The van der Waals surface area contributed by atoms with Crippen LogP contribution in [0.25, 0.3) is 55.7 Å². The molecule has 0 aliphatic carbocycles. The lowest BCUT2D eigenvalue weighted by atomic mass is 9.92. The number of fused-ring (bicyclic) bond motifs is 2. The average molecular weight is 1190 g/mol. The van der Waals surface area contributed by atoms with Gasteiger partial charge in [-0.3, -0.25) is 14.8 Å². The van der Waals surface area contributed by atoms with Crippen molar-refractivity contribution >= 4 is 83.5 Å². The predicted octanol–water partition coefficient (Wildman–Crippen LogP) is 13.6. The van der Waals surface area contributed by atoms with E-state index in [9.17, 15) is 21.6 Å². The second-order valence-corrected chi connectivity index (χ2v) is 26.7. The molecule has 10 aromatic rings. The van der Waals surface area contributed by atoms with Gasteiger partial charge in [0.25, 0.3) is 5.89 Å². The summed E-state index contributed by atoms with van der Waals surface area (Å²) in [5.74, 6) is 2.20. The molecule has 10 rings (SSSR count). The highest BCUT2D eigenvalue weighted by molar-refractivity contribution is 7.94. The van der Waals surface area contributed by atoms with Gasteiger partial charge < -0.3 is 9.05 Å². The highest BCUT2D eigenvalue weighted by Crippen LogP contribution is 2.39.